The van der Waals surface area contributed by atoms with Gasteiger partial charge in [-0.3, -0.25) is 4.18 Å². The fourth-order valence-corrected chi connectivity index (χ4v) is 2.19. The molecule has 0 heterocycles. The van der Waals surface area contributed by atoms with Crippen molar-refractivity contribution in [3.63, 3.8) is 0 Å². The molecule has 0 aromatic heterocycles. The van der Waals surface area contributed by atoms with Crippen LogP contribution in [0.15, 0.2) is 12.2 Å². The van der Waals surface area contributed by atoms with Gasteiger partial charge in [-0.2, -0.15) is 8.42 Å². The molecule has 0 spiro atoms. The maximum Gasteiger partial charge on any atom is 0.338 e. The van der Waals surface area contributed by atoms with Crippen molar-refractivity contribution in [2.75, 3.05) is 33.2 Å². The average Bonchev–Trinajstić information content (AvgIpc) is 2.40. The molecule has 0 aliphatic heterocycles. The Labute approximate surface area is 132 Å². The summed E-state index contributed by atoms with van der Waals surface area (Å²) in [5, 5.41) is 0. The van der Waals surface area contributed by atoms with E-state index in [1.54, 1.807) is 6.08 Å². The van der Waals surface area contributed by atoms with Crippen molar-refractivity contribution in [3.8, 4) is 0 Å². The summed E-state index contributed by atoms with van der Waals surface area (Å²) in [6.45, 7) is 3.96. The number of carbonyl (C=O) groups is 1. The lowest BCUT2D eigenvalue weighted by molar-refractivity contribution is -0.163. The monoisotopic (exact) mass is 338 g/mol. The molecule has 0 bridgehead atoms. The molecule has 22 heavy (non-hydrogen) atoms. The van der Waals surface area contributed by atoms with E-state index in [1.807, 2.05) is 13.0 Å². The van der Waals surface area contributed by atoms with E-state index in [0.717, 1.165) is 19.1 Å². The molecule has 0 saturated heterocycles. The van der Waals surface area contributed by atoms with Crippen LogP contribution in [0.1, 0.15) is 26.7 Å². The third-order valence-corrected chi connectivity index (χ3v) is 3.16. The molecule has 0 aliphatic rings. The highest BCUT2D eigenvalue weighted by atomic mass is 32.2. The maximum absolute atomic E-state index is 12.0. The Balaban J connectivity index is 4.63. The molecule has 0 saturated carbocycles. The van der Waals surface area contributed by atoms with Crippen LogP contribution < -0.4 is 0 Å². The molecule has 0 N–H and O–H groups in total. The topological polar surface area (TPSA) is 88.1 Å². The van der Waals surface area contributed by atoms with E-state index in [9.17, 15) is 13.2 Å². The predicted molar refractivity (Wildman–Crippen MR) is 82.0 cm³/mol. The number of ether oxygens (including phenoxy) is 3. The summed E-state index contributed by atoms with van der Waals surface area (Å²) in [7, 11) is -2.21. The summed E-state index contributed by atoms with van der Waals surface area (Å²) in [5.41, 5.74) is 0. The molecule has 0 fully saturated rings. The van der Waals surface area contributed by atoms with Gasteiger partial charge < -0.3 is 14.2 Å². The van der Waals surface area contributed by atoms with Crippen LogP contribution in [0.4, 0.5) is 0 Å². The van der Waals surface area contributed by atoms with Crippen LogP contribution in [0.25, 0.3) is 0 Å². The standard InChI is InChI=1S/C14H26O7S/c1-5-6-7-8-9-19-13(12(2)21-22(4,16)17)14(15)20-11-10-18-3/h7-8,12-13H,5-6,9-11H2,1-4H3/b8-7+. The van der Waals surface area contributed by atoms with Gasteiger partial charge in [-0.05, 0) is 13.3 Å². The summed E-state index contributed by atoms with van der Waals surface area (Å²) in [4.78, 5) is 12.0. The van der Waals surface area contributed by atoms with Gasteiger partial charge in [0, 0.05) is 7.11 Å². The van der Waals surface area contributed by atoms with Crippen molar-refractivity contribution in [1.29, 1.82) is 0 Å². The average molecular weight is 338 g/mol. The summed E-state index contributed by atoms with van der Waals surface area (Å²) in [5.74, 6) is -0.683. The fourth-order valence-electron chi connectivity index (χ4n) is 1.54. The second kappa shape index (κ2) is 11.6. The van der Waals surface area contributed by atoms with Gasteiger partial charge in [0.15, 0.2) is 6.10 Å². The second-order valence-corrected chi connectivity index (χ2v) is 6.28. The van der Waals surface area contributed by atoms with Gasteiger partial charge in [-0.15, -0.1) is 0 Å². The van der Waals surface area contributed by atoms with E-state index in [-0.39, 0.29) is 19.8 Å². The Bertz CT molecular complexity index is 430. The summed E-state index contributed by atoms with van der Waals surface area (Å²) >= 11 is 0. The molecule has 0 aliphatic carbocycles. The van der Waals surface area contributed by atoms with Gasteiger partial charge in [-0.1, -0.05) is 25.5 Å². The highest BCUT2D eigenvalue weighted by molar-refractivity contribution is 7.86. The van der Waals surface area contributed by atoms with Gasteiger partial charge in [0.05, 0.1) is 19.5 Å². The van der Waals surface area contributed by atoms with Crippen LogP contribution in [-0.4, -0.2) is 59.8 Å². The van der Waals surface area contributed by atoms with Crippen molar-refractivity contribution in [3.05, 3.63) is 12.2 Å². The summed E-state index contributed by atoms with van der Waals surface area (Å²) in [6, 6.07) is 0. The van der Waals surface area contributed by atoms with Gasteiger partial charge in [-0.25, -0.2) is 4.79 Å². The van der Waals surface area contributed by atoms with E-state index in [2.05, 4.69) is 0 Å². The lowest BCUT2D eigenvalue weighted by Gasteiger charge is -2.21. The minimum Gasteiger partial charge on any atom is -0.461 e. The number of carbonyl (C=O) groups excluding carboxylic acids is 1. The molecule has 0 amide bonds. The van der Waals surface area contributed by atoms with Crippen molar-refractivity contribution in [2.45, 2.75) is 38.9 Å². The zero-order chi connectivity index (χ0) is 17.0. The number of allylic oxidation sites excluding steroid dienone is 1. The Morgan fingerprint density at radius 1 is 1.23 bits per heavy atom. The largest absolute Gasteiger partial charge is 0.461 e. The lowest BCUT2D eigenvalue weighted by Crippen LogP contribution is -2.39. The first-order valence-electron chi connectivity index (χ1n) is 7.12. The van der Waals surface area contributed by atoms with Crippen LogP contribution >= 0.6 is 0 Å². The highest BCUT2D eigenvalue weighted by Crippen LogP contribution is 2.10. The van der Waals surface area contributed by atoms with E-state index >= 15 is 0 Å². The molecule has 130 valence electrons. The lowest BCUT2D eigenvalue weighted by atomic mass is 10.2. The van der Waals surface area contributed by atoms with Crippen LogP contribution in [0.5, 0.6) is 0 Å². The van der Waals surface area contributed by atoms with Gasteiger partial charge in [0.1, 0.15) is 12.7 Å². The number of unbranched alkanes of at least 4 members (excludes halogenated alkanes) is 1. The summed E-state index contributed by atoms with van der Waals surface area (Å²) in [6.07, 6.45) is 4.41. The molecular formula is C14H26O7S. The first kappa shape index (κ1) is 21.0. The first-order valence-corrected chi connectivity index (χ1v) is 8.93. The first-order chi connectivity index (χ1) is 10.3. The van der Waals surface area contributed by atoms with Crippen molar-refractivity contribution >= 4 is 16.1 Å². The quantitative estimate of drug-likeness (QED) is 0.229. The maximum atomic E-state index is 12.0. The predicted octanol–water partition coefficient (Wildman–Crippen LogP) is 1.28. The SMILES string of the molecule is CCC/C=C/COC(C(=O)OCCOC)C(C)OS(C)(=O)=O. The molecule has 0 rings (SSSR count). The smallest absolute Gasteiger partial charge is 0.338 e. The molecule has 0 aromatic rings. The Kier molecular flexibility index (Phi) is 11.1. The fraction of sp³-hybridized carbons (Fsp3) is 0.786. The van der Waals surface area contributed by atoms with Crippen molar-refractivity contribution in [1.82, 2.24) is 0 Å². The minimum absolute atomic E-state index is 0.0620. The van der Waals surface area contributed by atoms with Crippen LogP contribution in [0, 0.1) is 0 Å². The molecule has 8 heteroatoms. The van der Waals surface area contributed by atoms with Crippen molar-refractivity contribution < 1.29 is 31.6 Å². The Morgan fingerprint density at radius 3 is 2.45 bits per heavy atom. The van der Waals surface area contributed by atoms with E-state index < -0.39 is 28.3 Å². The summed E-state index contributed by atoms with van der Waals surface area (Å²) < 4.78 is 42.3. The van der Waals surface area contributed by atoms with Gasteiger partial charge in [0.25, 0.3) is 10.1 Å². The van der Waals surface area contributed by atoms with Crippen LogP contribution in [0.3, 0.4) is 0 Å². The van der Waals surface area contributed by atoms with Crippen LogP contribution in [-0.2, 0) is 33.3 Å². The number of esters is 1. The van der Waals surface area contributed by atoms with Gasteiger partial charge in [0.2, 0.25) is 0 Å². The van der Waals surface area contributed by atoms with E-state index in [0.29, 0.717) is 0 Å². The van der Waals surface area contributed by atoms with E-state index in [1.165, 1.54) is 14.0 Å². The molecule has 7 nitrogen and oxygen atoms in total. The normalized spacial score (nSPS) is 14.9. The number of methoxy groups -OCH3 is 1. The van der Waals surface area contributed by atoms with E-state index in [4.69, 9.17) is 18.4 Å². The number of rotatable bonds is 12. The molecule has 2 atom stereocenters. The Morgan fingerprint density at radius 2 is 1.91 bits per heavy atom. The third-order valence-electron chi connectivity index (χ3n) is 2.51. The number of hydrogen-bond acceptors (Lipinski definition) is 7. The van der Waals surface area contributed by atoms with Crippen LogP contribution in [0.2, 0.25) is 0 Å². The van der Waals surface area contributed by atoms with Gasteiger partial charge >= 0.3 is 5.97 Å². The number of hydrogen-bond donors (Lipinski definition) is 0. The molecular weight excluding hydrogens is 312 g/mol. The molecule has 0 radical (unpaired) electrons. The third kappa shape index (κ3) is 10.7. The second-order valence-electron chi connectivity index (χ2n) is 4.68. The Hall–Kier alpha value is -0.960. The minimum atomic E-state index is -3.70. The zero-order valence-corrected chi connectivity index (χ0v) is 14.4. The molecule has 0 aromatic carbocycles. The van der Waals surface area contributed by atoms with Crippen molar-refractivity contribution in [2.24, 2.45) is 0 Å². The highest BCUT2D eigenvalue weighted by Gasteiger charge is 2.30. The molecule has 2 unspecified atom stereocenters. The zero-order valence-electron chi connectivity index (χ0n) is 13.6.